The van der Waals surface area contributed by atoms with Crippen molar-refractivity contribution in [1.82, 2.24) is 4.98 Å². The van der Waals surface area contributed by atoms with Crippen LogP contribution in [-0.2, 0) is 6.42 Å². The van der Waals surface area contributed by atoms with E-state index in [4.69, 9.17) is 0 Å². The molecule has 1 aromatic heterocycles. The van der Waals surface area contributed by atoms with Gasteiger partial charge in [0.15, 0.2) is 0 Å². The summed E-state index contributed by atoms with van der Waals surface area (Å²) in [5.74, 6) is 0.847. The Labute approximate surface area is 108 Å². The van der Waals surface area contributed by atoms with Crippen LogP contribution in [0.3, 0.4) is 0 Å². The molecule has 3 heteroatoms. The van der Waals surface area contributed by atoms with Crippen molar-refractivity contribution in [3.8, 4) is 6.07 Å². The predicted molar refractivity (Wildman–Crippen MR) is 70.9 cm³/mol. The second-order valence-electron chi connectivity index (χ2n) is 5.27. The van der Waals surface area contributed by atoms with Crippen LogP contribution in [0.15, 0.2) is 6.20 Å². The molecule has 0 aliphatic heterocycles. The highest BCUT2D eigenvalue weighted by atomic mass is 32.1. The summed E-state index contributed by atoms with van der Waals surface area (Å²) in [6, 6.07) is 2.60. The fourth-order valence-corrected chi connectivity index (χ4v) is 3.73. The molecular formula is C14H20N2S. The zero-order valence-electron chi connectivity index (χ0n) is 10.7. The molecule has 1 aromatic rings. The quantitative estimate of drug-likeness (QED) is 0.807. The molecular weight excluding hydrogens is 228 g/mol. The summed E-state index contributed by atoms with van der Waals surface area (Å²) in [6.45, 7) is 4.29. The number of nitrogens with zero attached hydrogens (tertiary/aromatic N) is 2. The second kappa shape index (κ2) is 5.18. The van der Waals surface area contributed by atoms with Gasteiger partial charge < -0.3 is 0 Å². The molecule has 1 aliphatic rings. The van der Waals surface area contributed by atoms with E-state index in [1.54, 1.807) is 11.3 Å². The van der Waals surface area contributed by atoms with Crippen LogP contribution in [0.2, 0.25) is 0 Å². The minimum atomic E-state index is -0.107. The van der Waals surface area contributed by atoms with Crippen LogP contribution < -0.4 is 0 Å². The average Bonchev–Trinajstić information content (AvgIpc) is 2.75. The first-order chi connectivity index (χ1) is 8.17. The molecule has 2 rings (SSSR count). The second-order valence-corrected chi connectivity index (χ2v) is 6.59. The van der Waals surface area contributed by atoms with Gasteiger partial charge in [0.1, 0.15) is 0 Å². The topological polar surface area (TPSA) is 36.7 Å². The zero-order chi connectivity index (χ0) is 12.3. The molecule has 0 unspecified atom stereocenters. The maximum Gasteiger partial charge on any atom is 0.0896 e. The lowest BCUT2D eigenvalue weighted by molar-refractivity contribution is 0.206. The number of aryl methyl sites for hydroxylation is 1. The fourth-order valence-electron chi connectivity index (χ4n) is 2.79. The largest absolute Gasteiger partial charge is 0.250 e. The first kappa shape index (κ1) is 12.6. The van der Waals surface area contributed by atoms with Crippen LogP contribution in [0.25, 0.3) is 0 Å². The normalized spacial score (nSPS) is 28.9. The minimum absolute atomic E-state index is 0.107. The number of thiazole rings is 1. The van der Waals surface area contributed by atoms with E-state index >= 15 is 0 Å². The molecule has 0 radical (unpaired) electrons. The Balaban J connectivity index is 2.04. The molecule has 0 atom stereocenters. The minimum Gasteiger partial charge on any atom is -0.250 e. The standard InChI is InChI=1S/C14H20N2S/c1-3-12-4-6-14(10-15,7-5-12)8-13-9-16-11(2)17-13/h9,12H,3-8H2,1-2H3. The Morgan fingerprint density at radius 2 is 2.24 bits per heavy atom. The SMILES string of the molecule is CCC1CCC(C#N)(Cc2cnc(C)s2)CC1. The average molecular weight is 248 g/mol. The lowest BCUT2D eigenvalue weighted by Crippen LogP contribution is -2.27. The highest BCUT2D eigenvalue weighted by Crippen LogP contribution is 2.42. The summed E-state index contributed by atoms with van der Waals surface area (Å²) >= 11 is 1.74. The first-order valence-electron chi connectivity index (χ1n) is 6.50. The van der Waals surface area contributed by atoms with E-state index in [0.29, 0.717) is 0 Å². The molecule has 17 heavy (non-hydrogen) atoms. The highest BCUT2D eigenvalue weighted by molar-refractivity contribution is 7.11. The van der Waals surface area contributed by atoms with Gasteiger partial charge >= 0.3 is 0 Å². The van der Waals surface area contributed by atoms with E-state index in [0.717, 1.165) is 30.2 Å². The van der Waals surface area contributed by atoms with Gasteiger partial charge in [-0.2, -0.15) is 5.26 Å². The van der Waals surface area contributed by atoms with Crippen molar-refractivity contribution in [3.63, 3.8) is 0 Å². The van der Waals surface area contributed by atoms with Crippen molar-refractivity contribution in [2.24, 2.45) is 11.3 Å². The van der Waals surface area contributed by atoms with Crippen LogP contribution in [-0.4, -0.2) is 4.98 Å². The molecule has 1 heterocycles. The summed E-state index contributed by atoms with van der Waals surface area (Å²) in [7, 11) is 0. The maximum atomic E-state index is 9.50. The van der Waals surface area contributed by atoms with Gasteiger partial charge in [-0.25, -0.2) is 4.98 Å². The van der Waals surface area contributed by atoms with Crippen molar-refractivity contribution < 1.29 is 0 Å². The number of aromatic nitrogens is 1. The van der Waals surface area contributed by atoms with Gasteiger partial charge in [-0.05, 0) is 38.5 Å². The third kappa shape index (κ3) is 2.87. The van der Waals surface area contributed by atoms with E-state index in [-0.39, 0.29) is 5.41 Å². The Kier molecular flexibility index (Phi) is 3.83. The van der Waals surface area contributed by atoms with Crippen LogP contribution in [0.1, 0.15) is 48.9 Å². The number of rotatable bonds is 3. The monoisotopic (exact) mass is 248 g/mol. The summed E-state index contributed by atoms with van der Waals surface area (Å²) < 4.78 is 0. The third-order valence-corrected chi connectivity index (χ3v) is 4.97. The van der Waals surface area contributed by atoms with Gasteiger partial charge in [-0.15, -0.1) is 11.3 Å². The molecule has 2 nitrogen and oxygen atoms in total. The van der Waals surface area contributed by atoms with Crippen molar-refractivity contribution in [2.45, 2.75) is 52.4 Å². The van der Waals surface area contributed by atoms with Crippen LogP contribution in [0, 0.1) is 29.6 Å². The molecule has 1 aliphatic carbocycles. The van der Waals surface area contributed by atoms with E-state index in [1.165, 1.54) is 24.1 Å². The molecule has 1 fully saturated rings. The van der Waals surface area contributed by atoms with Crippen molar-refractivity contribution in [1.29, 1.82) is 5.26 Å². The fraction of sp³-hybridized carbons (Fsp3) is 0.714. The third-order valence-electron chi connectivity index (χ3n) is 4.06. The Morgan fingerprint density at radius 1 is 1.53 bits per heavy atom. The van der Waals surface area contributed by atoms with Crippen molar-refractivity contribution in [3.05, 3.63) is 16.1 Å². The van der Waals surface area contributed by atoms with E-state index in [1.807, 2.05) is 13.1 Å². The molecule has 0 spiro atoms. The molecule has 0 amide bonds. The van der Waals surface area contributed by atoms with E-state index in [2.05, 4.69) is 18.0 Å². The Hall–Kier alpha value is -0.880. The molecule has 1 saturated carbocycles. The number of hydrogen-bond donors (Lipinski definition) is 0. The predicted octanol–water partition coefficient (Wildman–Crippen LogP) is 4.10. The van der Waals surface area contributed by atoms with Crippen LogP contribution >= 0.6 is 11.3 Å². The Morgan fingerprint density at radius 3 is 2.71 bits per heavy atom. The molecule has 0 N–H and O–H groups in total. The summed E-state index contributed by atoms with van der Waals surface area (Å²) in [4.78, 5) is 5.56. The van der Waals surface area contributed by atoms with Gasteiger partial charge in [-0.3, -0.25) is 0 Å². The van der Waals surface area contributed by atoms with Gasteiger partial charge in [0.2, 0.25) is 0 Å². The van der Waals surface area contributed by atoms with Gasteiger partial charge in [0.25, 0.3) is 0 Å². The zero-order valence-corrected chi connectivity index (χ0v) is 11.5. The van der Waals surface area contributed by atoms with Gasteiger partial charge in [0, 0.05) is 17.5 Å². The van der Waals surface area contributed by atoms with Gasteiger partial charge in [-0.1, -0.05) is 13.3 Å². The Bertz CT molecular complexity index is 408. The summed E-state index contributed by atoms with van der Waals surface area (Å²) in [6.07, 6.45) is 8.71. The number of hydrogen-bond acceptors (Lipinski definition) is 3. The lowest BCUT2D eigenvalue weighted by atomic mass is 9.69. The molecule has 0 bridgehead atoms. The molecule has 92 valence electrons. The van der Waals surface area contributed by atoms with Crippen LogP contribution in [0.4, 0.5) is 0 Å². The van der Waals surface area contributed by atoms with Gasteiger partial charge in [0.05, 0.1) is 16.5 Å². The number of nitriles is 1. The lowest BCUT2D eigenvalue weighted by Gasteiger charge is -2.34. The first-order valence-corrected chi connectivity index (χ1v) is 7.31. The molecule has 0 saturated heterocycles. The summed E-state index contributed by atoms with van der Waals surface area (Å²) in [5, 5.41) is 10.6. The maximum absolute atomic E-state index is 9.50. The van der Waals surface area contributed by atoms with Crippen molar-refractivity contribution in [2.75, 3.05) is 0 Å². The van der Waals surface area contributed by atoms with Crippen LogP contribution in [0.5, 0.6) is 0 Å². The smallest absolute Gasteiger partial charge is 0.0896 e. The highest BCUT2D eigenvalue weighted by Gasteiger charge is 2.35. The van der Waals surface area contributed by atoms with E-state index in [9.17, 15) is 5.26 Å². The molecule has 0 aromatic carbocycles. The van der Waals surface area contributed by atoms with E-state index < -0.39 is 0 Å². The summed E-state index contributed by atoms with van der Waals surface area (Å²) in [5.41, 5.74) is -0.107. The van der Waals surface area contributed by atoms with Crippen molar-refractivity contribution >= 4 is 11.3 Å².